The SMILES string of the molecule is Cc1ccc(S(=O)(=O)NN=C2C=C[C@](C)(c3ccccc3)CC2)cc1. The van der Waals surface area contributed by atoms with Crippen molar-refractivity contribution in [2.75, 3.05) is 0 Å². The molecule has 25 heavy (non-hydrogen) atoms. The predicted octanol–water partition coefficient (Wildman–Crippen LogP) is 3.94. The molecule has 2 aromatic rings. The van der Waals surface area contributed by atoms with Gasteiger partial charge < -0.3 is 0 Å². The predicted molar refractivity (Wildman–Crippen MR) is 101 cm³/mol. The van der Waals surface area contributed by atoms with Crippen molar-refractivity contribution < 1.29 is 8.42 Å². The third-order valence-corrected chi connectivity index (χ3v) is 5.84. The number of benzene rings is 2. The summed E-state index contributed by atoms with van der Waals surface area (Å²) in [5.41, 5.74) is 2.96. The van der Waals surface area contributed by atoms with Gasteiger partial charge in [-0.2, -0.15) is 18.4 Å². The molecular weight excluding hydrogens is 332 g/mol. The van der Waals surface area contributed by atoms with Crippen molar-refractivity contribution in [1.29, 1.82) is 0 Å². The molecule has 0 aromatic heterocycles. The van der Waals surface area contributed by atoms with E-state index in [1.165, 1.54) is 5.56 Å². The highest BCUT2D eigenvalue weighted by atomic mass is 32.2. The summed E-state index contributed by atoms with van der Waals surface area (Å²) < 4.78 is 24.6. The Hall–Kier alpha value is -2.40. The van der Waals surface area contributed by atoms with Crippen molar-refractivity contribution in [3.63, 3.8) is 0 Å². The van der Waals surface area contributed by atoms with E-state index in [2.05, 4.69) is 35.1 Å². The summed E-state index contributed by atoms with van der Waals surface area (Å²) in [5.74, 6) is 0. The van der Waals surface area contributed by atoms with Crippen LogP contribution in [0.25, 0.3) is 0 Å². The molecule has 0 saturated carbocycles. The number of hydrogen-bond donors (Lipinski definition) is 1. The molecule has 0 spiro atoms. The van der Waals surface area contributed by atoms with Crippen LogP contribution in [0.1, 0.15) is 30.9 Å². The second kappa shape index (κ2) is 6.84. The Bertz CT molecular complexity index is 900. The third kappa shape index (κ3) is 3.99. The Kier molecular flexibility index (Phi) is 4.77. The number of nitrogens with one attached hydrogen (secondary N) is 1. The molecule has 0 unspecified atom stereocenters. The van der Waals surface area contributed by atoms with Crippen LogP contribution < -0.4 is 4.83 Å². The number of nitrogens with zero attached hydrogens (tertiary/aromatic N) is 1. The van der Waals surface area contributed by atoms with Gasteiger partial charge in [-0.15, -0.1) is 0 Å². The minimum absolute atomic E-state index is 0.0455. The molecule has 0 fully saturated rings. The van der Waals surface area contributed by atoms with E-state index in [-0.39, 0.29) is 10.3 Å². The largest absolute Gasteiger partial charge is 0.276 e. The van der Waals surface area contributed by atoms with Gasteiger partial charge in [0.25, 0.3) is 10.0 Å². The fourth-order valence-electron chi connectivity index (χ4n) is 2.88. The topological polar surface area (TPSA) is 58.5 Å². The summed E-state index contributed by atoms with van der Waals surface area (Å²) in [7, 11) is -3.63. The lowest BCUT2D eigenvalue weighted by atomic mass is 9.75. The molecule has 1 atom stereocenters. The van der Waals surface area contributed by atoms with Gasteiger partial charge in [0, 0.05) is 5.41 Å². The van der Waals surface area contributed by atoms with Crippen LogP contribution in [0, 0.1) is 6.92 Å². The quantitative estimate of drug-likeness (QED) is 0.846. The van der Waals surface area contributed by atoms with Crippen LogP contribution in [0.15, 0.2) is 76.7 Å². The van der Waals surface area contributed by atoms with E-state index in [1.807, 2.05) is 31.2 Å². The molecule has 1 aliphatic carbocycles. The summed E-state index contributed by atoms with van der Waals surface area (Å²) in [4.78, 5) is 2.56. The molecule has 1 aliphatic rings. The molecule has 3 rings (SSSR count). The number of allylic oxidation sites excluding steroid dienone is 2. The van der Waals surface area contributed by atoms with Crippen LogP contribution >= 0.6 is 0 Å². The van der Waals surface area contributed by atoms with Crippen molar-refractivity contribution in [1.82, 2.24) is 4.83 Å². The van der Waals surface area contributed by atoms with E-state index in [4.69, 9.17) is 0 Å². The Morgan fingerprint density at radius 2 is 1.72 bits per heavy atom. The standard InChI is InChI=1S/C20H22N2O2S/c1-16-8-10-19(11-9-16)25(23,24)22-21-18-12-14-20(2,15-13-18)17-6-4-3-5-7-17/h3-12,14,22H,13,15H2,1-2H3/t20-/m0/s1. The number of rotatable bonds is 4. The molecule has 0 radical (unpaired) electrons. The van der Waals surface area contributed by atoms with Gasteiger partial charge in [0.05, 0.1) is 10.6 Å². The molecule has 0 saturated heterocycles. The number of aryl methyl sites for hydroxylation is 1. The van der Waals surface area contributed by atoms with Gasteiger partial charge in [0.1, 0.15) is 0 Å². The fraction of sp³-hybridized carbons (Fsp3) is 0.250. The fourth-order valence-corrected chi connectivity index (χ4v) is 3.71. The van der Waals surface area contributed by atoms with E-state index < -0.39 is 10.0 Å². The summed E-state index contributed by atoms with van der Waals surface area (Å²) in [6.07, 6.45) is 5.62. The zero-order valence-corrected chi connectivity index (χ0v) is 15.3. The number of sulfonamides is 1. The van der Waals surface area contributed by atoms with Crippen molar-refractivity contribution in [3.8, 4) is 0 Å². The molecule has 0 aliphatic heterocycles. The molecule has 4 nitrogen and oxygen atoms in total. The molecule has 5 heteroatoms. The Balaban J connectivity index is 1.74. The first kappa shape index (κ1) is 17.4. The molecule has 0 amide bonds. The van der Waals surface area contributed by atoms with Crippen LogP contribution in [0.4, 0.5) is 0 Å². The first-order chi connectivity index (χ1) is 11.9. The van der Waals surface area contributed by atoms with E-state index >= 15 is 0 Å². The highest BCUT2D eigenvalue weighted by molar-refractivity contribution is 7.89. The lowest BCUT2D eigenvalue weighted by molar-refractivity contribution is 0.544. The van der Waals surface area contributed by atoms with E-state index in [0.717, 1.165) is 24.1 Å². The van der Waals surface area contributed by atoms with Crippen LogP contribution in [0.5, 0.6) is 0 Å². The molecule has 2 aromatic carbocycles. The minimum Gasteiger partial charge on any atom is -0.200 e. The molecule has 1 N–H and O–H groups in total. The smallest absolute Gasteiger partial charge is 0.200 e. The van der Waals surface area contributed by atoms with Crippen molar-refractivity contribution in [2.45, 2.75) is 37.0 Å². The van der Waals surface area contributed by atoms with E-state index in [0.29, 0.717) is 0 Å². The van der Waals surface area contributed by atoms with E-state index in [1.54, 1.807) is 24.3 Å². The van der Waals surface area contributed by atoms with Gasteiger partial charge in [-0.3, -0.25) is 0 Å². The van der Waals surface area contributed by atoms with Gasteiger partial charge >= 0.3 is 0 Å². The highest BCUT2D eigenvalue weighted by Crippen LogP contribution is 2.33. The second-order valence-electron chi connectivity index (χ2n) is 6.63. The zero-order chi connectivity index (χ0) is 17.9. The lowest BCUT2D eigenvalue weighted by Gasteiger charge is -2.30. The molecule has 0 bridgehead atoms. The maximum atomic E-state index is 12.3. The Labute approximate surface area is 149 Å². The maximum Gasteiger partial charge on any atom is 0.276 e. The van der Waals surface area contributed by atoms with Crippen molar-refractivity contribution >= 4 is 15.7 Å². The van der Waals surface area contributed by atoms with Crippen LogP contribution in [0.2, 0.25) is 0 Å². The van der Waals surface area contributed by atoms with E-state index in [9.17, 15) is 8.42 Å². The minimum atomic E-state index is -3.63. The first-order valence-electron chi connectivity index (χ1n) is 8.29. The van der Waals surface area contributed by atoms with Crippen molar-refractivity contribution in [2.24, 2.45) is 5.10 Å². The van der Waals surface area contributed by atoms with Crippen LogP contribution in [-0.4, -0.2) is 14.1 Å². The highest BCUT2D eigenvalue weighted by Gasteiger charge is 2.26. The Morgan fingerprint density at radius 1 is 1.04 bits per heavy atom. The third-order valence-electron chi connectivity index (χ3n) is 4.62. The van der Waals surface area contributed by atoms with Crippen LogP contribution in [0.3, 0.4) is 0 Å². The summed E-state index contributed by atoms with van der Waals surface area (Å²) in [5, 5.41) is 4.10. The van der Waals surface area contributed by atoms with Crippen molar-refractivity contribution in [3.05, 3.63) is 77.9 Å². The molecule has 0 heterocycles. The lowest BCUT2D eigenvalue weighted by Crippen LogP contribution is -2.26. The first-order valence-corrected chi connectivity index (χ1v) is 9.77. The Morgan fingerprint density at radius 3 is 2.32 bits per heavy atom. The van der Waals surface area contributed by atoms with Gasteiger partial charge in [0.2, 0.25) is 0 Å². The van der Waals surface area contributed by atoms with Gasteiger partial charge in [-0.25, -0.2) is 0 Å². The number of hydrogen-bond acceptors (Lipinski definition) is 3. The maximum absolute atomic E-state index is 12.3. The summed E-state index contributed by atoms with van der Waals surface area (Å²) in [6.45, 7) is 4.10. The summed E-state index contributed by atoms with van der Waals surface area (Å²) in [6, 6.07) is 17.0. The van der Waals surface area contributed by atoms with Gasteiger partial charge in [-0.05, 0) is 43.5 Å². The average Bonchev–Trinajstić information content (AvgIpc) is 2.62. The van der Waals surface area contributed by atoms with Gasteiger partial charge in [0.15, 0.2) is 0 Å². The second-order valence-corrected chi connectivity index (χ2v) is 8.29. The summed E-state index contributed by atoms with van der Waals surface area (Å²) >= 11 is 0. The normalized spacial score (nSPS) is 22.1. The number of hydrazone groups is 1. The zero-order valence-electron chi connectivity index (χ0n) is 14.4. The van der Waals surface area contributed by atoms with Gasteiger partial charge in [-0.1, -0.05) is 61.0 Å². The average molecular weight is 354 g/mol. The molecule has 130 valence electrons. The molecular formula is C20H22N2O2S. The van der Waals surface area contributed by atoms with Crippen LogP contribution in [-0.2, 0) is 15.4 Å². The monoisotopic (exact) mass is 354 g/mol.